The van der Waals surface area contributed by atoms with Crippen molar-refractivity contribution in [1.29, 1.82) is 0 Å². The molecule has 0 aliphatic rings. The van der Waals surface area contributed by atoms with Gasteiger partial charge in [-0.3, -0.25) is 9.59 Å². The van der Waals surface area contributed by atoms with Crippen LogP contribution < -0.4 is 10.1 Å². The van der Waals surface area contributed by atoms with Crippen LogP contribution in [0.2, 0.25) is 0 Å². The Balaban J connectivity index is 2.40. The van der Waals surface area contributed by atoms with Crippen molar-refractivity contribution in [2.24, 2.45) is 0 Å². The van der Waals surface area contributed by atoms with Crippen molar-refractivity contribution in [2.45, 2.75) is 71.3 Å². The van der Waals surface area contributed by atoms with Gasteiger partial charge in [0.1, 0.15) is 5.75 Å². The highest BCUT2D eigenvalue weighted by Gasteiger charge is 2.27. The SMILES string of the molecule is CC#Cc1cc(C(=O)NC(Cc2ccc(O)cc2)C(O)CN(C)NS(=O)(=O)C(C)C)cc(C(=O)N(CCC)CCC)c1. The summed E-state index contributed by atoms with van der Waals surface area (Å²) in [5.41, 5.74) is 1.81. The van der Waals surface area contributed by atoms with E-state index in [-0.39, 0.29) is 30.2 Å². The predicted molar refractivity (Wildman–Crippen MR) is 164 cm³/mol. The van der Waals surface area contributed by atoms with Crippen molar-refractivity contribution in [3.8, 4) is 17.6 Å². The first-order chi connectivity index (χ1) is 19.8. The molecule has 0 saturated heterocycles. The van der Waals surface area contributed by atoms with Crippen LogP contribution in [0.3, 0.4) is 0 Å². The van der Waals surface area contributed by atoms with Gasteiger partial charge in [0, 0.05) is 43.4 Å². The van der Waals surface area contributed by atoms with Crippen molar-refractivity contribution in [2.75, 3.05) is 26.7 Å². The molecule has 0 heterocycles. The number of carbonyl (C=O) groups excluding carboxylic acids is 2. The number of phenols is 1. The number of rotatable bonds is 15. The second-order valence-corrected chi connectivity index (χ2v) is 12.8. The molecular weight excluding hydrogens is 556 g/mol. The highest BCUT2D eigenvalue weighted by atomic mass is 32.2. The molecule has 2 aromatic carbocycles. The fourth-order valence-corrected chi connectivity index (χ4v) is 5.04. The molecule has 2 rings (SSSR count). The molecule has 2 aromatic rings. The number of nitrogens with one attached hydrogen (secondary N) is 2. The third-order valence-electron chi connectivity index (χ3n) is 6.52. The van der Waals surface area contributed by atoms with Gasteiger partial charge in [-0.1, -0.05) is 31.9 Å². The Morgan fingerprint density at radius 1 is 1.00 bits per heavy atom. The Morgan fingerprint density at radius 3 is 2.14 bits per heavy atom. The smallest absolute Gasteiger partial charge is 0.253 e. The molecule has 0 spiro atoms. The summed E-state index contributed by atoms with van der Waals surface area (Å²) in [6, 6.07) is 10.3. The lowest BCUT2D eigenvalue weighted by atomic mass is 9.99. The second-order valence-electron chi connectivity index (χ2n) is 10.5. The van der Waals surface area contributed by atoms with Crippen LogP contribution in [-0.2, 0) is 16.4 Å². The first kappa shape index (κ1) is 34.8. The molecule has 42 heavy (non-hydrogen) atoms. The molecule has 0 fully saturated rings. The van der Waals surface area contributed by atoms with Gasteiger partial charge in [0.2, 0.25) is 10.0 Å². The largest absolute Gasteiger partial charge is 0.508 e. The minimum Gasteiger partial charge on any atom is -0.508 e. The average Bonchev–Trinajstić information content (AvgIpc) is 2.92. The minimum absolute atomic E-state index is 0.0777. The van der Waals surface area contributed by atoms with E-state index in [0.717, 1.165) is 18.4 Å². The quantitative estimate of drug-likeness (QED) is 0.182. The Morgan fingerprint density at radius 2 is 1.60 bits per heavy atom. The molecule has 0 aliphatic heterocycles. The number of sulfonamides is 1. The Labute approximate surface area is 250 Å². The normalized spacial score (nSPS) is 12.9. The summed E-state index contributed by atoms with van der Waals surface area (Å²) >= 11 is 0. The number of aliphatic hydroxyl groups excluding tert-OH is 1. The van der Waals surface area contributed by atoms with Gasteiger partial charge in [-0.25, -0.2) is 13.4 Å². The highest BCUT2D eigenvalue weighted by Crippen LogP contribution is 2.17. The summed E-state index contributed by atoms with van der Waals surface area (Å²) in [5.74, 6) is 5.12. The molecule has 2 unspecified atom stereocenters. The lowest BCUT2D eigenvalue weighted by Crippen LogP contribution is -2.52. The number of hydrogen-bond donors (Lipinski definition) is 4. The molecule has 11 heteroatoms. The summed E-state index contributed by atoms with van der Waals surface area (Å²) in [4.78, 5) is 31.1. The van der Waals surface area contributed by atoms with Gasteiger partial charge in [-0.15, -0.1) is 10.8 Å². The van der Waals surface area contributed by atoms with Crippen LogP contribution in [0.1, 0.15) is 79.3 Å². The Kier molecular flexibility index (Phi) is 13.5. The summed E-state index contributed by atoms with van der Waals surface area (Å²) < 4.78 is 24.6. The summed E-state index contributed by atoms with van der Waals surface area (Å²) in [5, 5.41) is 24.3. The number of hydrazine groups is 1. The summed E-state index contributed by atoms with van der Waals surface area (Å²) in [6.45, 7) is 9.81. The van der Waals surface area contributed by atoms with E-state index in [2.05, 4.69) is 22.0 Å². The van der Waals surface area contributed by atoms with Crippen molar-refractivity contribution >= 4 is 21.8 Å². The van der Waals surface area contributed by atoms with E-state index >= 15 is 0 Å². The first-order valence-electron chi connectivity index (χ1n) is 14.2. The fourth-order valence-electron chi connectivity index (χ4n) is 4.32. The van der Waals surface area contributed by atoms with Crippen LogP contribution in [0.4, 0.5) is 0 Å². The number of nitrogens with zero attached hydrogens (tertiary/aromatic N) is 2. The van der Waals surface area contributed by atoms with Crippen molar-refractivity contribution in [1.82, 2.24) is 20.1 Å². The van der Waals surface area contributed by atoms with Gasteiger partial charge in [0.25, 0.3) is 11.8 Å². The van der Waals surface area contributed by atoms with Crippen molar-refractivity contribution in [3.63, 3.8) is 0 Å². The topological polar surface area (TPSA) is 139 Å². The number of hydrogen-bond acceptors (Lipinski definition) is 7. The molecular formula is C31H44N4O6S. The Bertz CT molecular complexity index is 1360. The molecule has 230 valence electrons. The third kappa shape index (κ3) is 10.4. The third-order valence-corrected chi connectivity index (χ3v) is 8.33. The van der Waals surface area contributed by atoms with Crippen LogP contribution in [0.25, 0.3) is 0 Å². The zero-order valence-electron chi connectivity index (χ0n) is 25.3. The molecule has 2 atom stereocenters. The van der Waals surface area contributed by atoms with Crippen molar-refractivity contribution in [3.05, 3.63) is 64.7 Å². The lowest BCUT2D eigenvalue weighted by molar-refractivity contribution is 0.0687. The maximum absolute atomic E-state index is 13.6. The minimum atomic E-state index is -3.64. The number of likely N-dealkylation sites (N-methyl/N-ethyl adjacent to an activating group) is 1. The number of carbonyl (C=O) groups is 2. The molecule has 4 N–H and O–H groups in total. The van der Waals surface area contributed by atoms with Crippen LogP contribution in [0.15, 0.2) is 42.5 Å². The van der Waals surface area contributed by atoms with E-state index in [4.69, 9.17) is 0 Å². The number of aliphatic hydroxyl groups is 1. The number of amides is 2. The lowest BCUT2D eigenvalue weighted by Gasteiger charge is -2.29. The number of aromatic hydroxyl groups is 1. The number of phenolic OH excluding ortho intramolecular Hbond substituents is 1. The van der Waals surface area contributed by atoms with Crippen LogP contribution in [-0.4, -0.2) is 84.4 Å². The predicted octanol–water partition coefficient (Wildman–Crippen LogP) is 2.90. The van der Waals surface area contributed by atoms with E-state index in [1.165, 1.54) is 30.3 Å². The zero-order chi connectivity index (χ0) is 31.4. The van der Waals surface area contributed by atoms with Gasteiger partial charge < -0.3 is 20.4 Å². The van der Waals surface area contributed by atoms with Gasteiger partial charge in [0.05, 0.1) is 17.4 Å². The van der Waals surface area contributed by atoms with Crippen LogP contribution in [0, 0.1) is 11.8 Å². The number of benzene rings is 2. The fraction of sp³-hybridized carbons (Fsp3) is 0.484. The second kappa shape index (κ2) is 16.3. The zero-order valence-corrected chi connectivity index (χ0v) is 26.2. The first-order valence-corrected chi connectivity index (χ1v) is 15.7. The van der Waals surface area contributed by atoms with Gasteiger partial charge in [-0.05, 0) is 75.9 Å². The molecule has 0 saturated carbocycles. The van der Waals surface area contributed by atoms with E-state index in [0.29, 0.717) is 24.2 Å². The summed E-state index contributed by atoms with van der Waals surface area (Å²) in [7, 11) is -2.14. The van der Waals surface area contributed by atoms with E-state index in [9.17, 15) is 28.2 Å². The molecule has 0 bridgehead atoms. The molecule has 10 nitrogen and oxygen atoms in total. The highest BCUT2D eigenvalue weighted by molar-refractivity contribution is 7.90. The summed E-state index contributed by atoms with van der Waals surface area (Å²) in [6.07, 6.45) is 0.601. The monoisotopic (exact) mass is 600 g/mol. The maximum Gasteiger partial charge on any atom is 0.253 e. The van der Waals surface area contributed by atoms with Crippen molar-refractivity contribution < 1.29 is 28.2 Å². The molecule has 0 aliphatic carbocycles. The van der Waals surface area contributed by atoms with E-state index in [1.54, 1.807) is 49.9 Å². The van der Waals surface area contributed by atoms with Crippen LogP contribution in [0.5, 0.6) is 5.75 Å². The van der Waals surface area contributed by atoms with Gasteiger partial charge in [-0.2, -0.15) is 0 Å². The standard InChI is InChI=1S/C31H44N4O6S/c1-7-10-24-17-25(20-26(18-24)31(39)35(15-8-2)16-9-3)30(38)32-28(19-23-11-13-27(36)14-12-23)29(37)21-34(6)33-42(40,41)22(4)5/h11-14,17-18,20,22,28-29,33,36-37H,8-9,15-16,19,21H2,1-6H3,(H,32,38). The molecule has 0 radical (unpaired) electrons. The molecule has 0 aromatic heterocycles. The van der Waals surface area contributed by atoms with Crippen LogP contribution >= 0.6 is 0 Å². The maximum atomic E-state index is 13.6. The average molecular weight is 601 g/mol. The van der Waals surface area contributed by atoms with Gasteiger partial charge >= 0.3 is 0 Å². The van der Waals surface area contributed by atoms with E-state index in [1.807, 2.05) is 13.8 Å². The Hall–Kier alpha value is -3.43. The molecule has 2 amide bonds. The van der Waals surface area contributed by atoms with Gasteiger partial charge in [0.15, 0.2) is 0 Å². The van der Waals surface area contributed by atoms with E-state index < -0.39 is 33.3 Å².